The Morgan fingerprint density at radius 1 is 1.33 bits per heavy atom. The molecule has 5 heteroatoms. The summed E-state index contributed by atoms with van der Waals surface area (Å²) >= 11 is 0. The Morgan fingerprint density at radius 3 is 3.05 bits per heavy atom. The predicted molar refractivity (Wildman–Crippen MR) is 79.7 cm³/mol. The fraction of sp³-hybridized carbons (Fsp3) is 0.438. The van der Waals surface area contributed by atoms with Crippen molar-refractivity contribution in [2.24, 2.45) is 0 Å². The molecule has 0 radical (unpaired) electrons. The first kappa shape index (κ1) is 13.8. The second-order valence-electron chi connectivity index (χ2n) is 5.51. The number of carbonyl (C=O) groups is 1. The summed E-state index contributed by atoms with van der Waals surface area (Å²) in [5.41, 5.74) is 2.12. The Labute approximate surface area is 124 Å². The molecule has 0 bridgehead atoms. The van der Waals surface area contributed by atoms with Gasteiger partial charge in [0, 0.05) is 49.2 Å². The van der Waals surface area contributed by atoms with E-state index in [4.69, 9.17) is 0 Å². The van der Waals surface area contributed by atoms with Gasteiger partial charge in [-0.05, 0) is 37.5 Å². The first-order valence-electron chi connectivity index (χ1n) is 7.50. The van der Waals surface area contributed by atoms with Crippen LogP contribution in [0.1, 0.15) is 36.6 Å². The van der Waals surface area contributed by atoms with Crippen LogP contribution in [-0.4, -0.2) is 39.1 Å². The number of aryl methyl sites for hydroxylation is 1. The summed E-state index contributed by atoms with van der Waals surface area (Å²) in [5.74, 6) is 0.616. The second kappa shape index (κ2) is 6.52. The van der Waals surface area contributed by atoms with Crippen molar-refractivity contribution in [1.82, 2.24) is 20.1 Å². The molecule has 1 N–H and O–H groups in total. The number of H-pyrrole nitrogens is 1. The molecule has 0 unspecified atom stereocenters. The Balaban J connectivity index is 1.55. The maximum atomic E-state index is 12.4. The minimum absolute atomic E-state index is 0.227. The van der Waals surface area contributed by atoms with E-state index < -0.39 is 0 Å². The van der Waals surface area contributed by atoms with Crippen molar-refractivity contribution < 1.29 is 4.79 Å². The van der Waals surface area contributed by atoms with Crippen LogP contribution in [0.3, 0.4) is 0 Å². The molecular formula is C16H20N4O. The monoisotopic (exact) mass is 284 g/mol. The number of carbonyl (C=O) groups excluding carboxylic acids is 1. The third-order valence-electron chi connectivity index (χ3n) is 4.06. The van der Waals surface area contributed by atoms with Crippen molar-refractivity contribution in [2.75, 3.05) is 13.1 Å². The van der Waals surface area contributed by atoms with E-state index in [0.717, 1.165) is 37.3 Å². The average Bonchev–Trinajstić information content (AvgIpc) is 3.08. The van der Waals surface area contributed by atoms with Crippen LogP contribution >= 0.6 is 0 Å². The predicted octanol–water partition coefficient (Wildman–Crippen LogP) is 2.14. The number of aromatic amines is 1. The number of hydrogen-bond donors (Lipinski definition) is 1. The molecular weight excluding hydrogens is 264 g/mol. The molecule has 1 fully saturated rings. The van der Waals surface area contributed by atoms with Crippen LogP contribution < -0.4 is 0 Å². The second-order valence-corrected chi connectivity index (χ2v) is 5.51. The normalized spacial score (nSPS) is 18.7. The molecule has 1 aliphatic heterocycles. The molecule has 1 atom stereocenters. The molecule has 0 saturated carbocycles. The van der Waals surface area contributed by atoms with Gasteiger partial charge in [0.25, 0.3) is 0 Å². The van der Waals surface area contributed by atoms with Crippen LogP contribution in [-0.2, 0) is 11.2 Å². The molecule has 1 aliphatic rings. The Morgan fingerprint density at radius 2 is 2.29 bits per heavy atom. The maximum Gasteiger partial charge on any atom is 0.222 e. The molecule has 5 nitrogen and oxygen atoms in total. The van der Waals surface area contributed by atoms with Crippen molar-refractivity contribution in [2.45, 2.75) is 31.6 Å². The van der Waals surface area contributed by atoms with Gasteiger partial charge in [0.1, 0.15) is 0 Å². The van der Waals surface area contributed by atoms with Gasteiger partial charge >= 0.3 is 0 Å². The molecule has 0 aliphatic carbocycles. The van der Waals surface area contributed by atoms with Crippen molar-refractivity contribution in [3.63, 3.8) is 0 Å². The smallest absolute Gasteiger partial charge is 0.222 e. The van der Waals surface area contributed by atoms with Crippen molar-refractivity contribution in [1.29, 1.82) is 0 Å². The third kappa shape index (κ3) is 3.48. The number of nitrogens with one attached hydrogen (secondary N) is 1. The lowest BCUT2D eigenvalue weighted by molar-refractivity contribution is -0.132. The molecule has 0 spiro atoms. The van der Waals surface area contributed by atoms with E-state index in [1.54, 1.807) is 12.4 Å². The van der Waals surface area contributed by atoms with Gasteiger partial charge in [-0.3, -0.25) is 14.9 Å². The van der Waals surface area contributed by atoms with Crippen molar-refractivity contribution in [3.05, 3.63) is 48.0 Å². The summed E-state index contributed by atoms with van der Waals surface area (Å²) in [4.78, 5) is 18.6. The van der Waals surface area contributed by atoms with Crippen molar-refractivity contribution >= 4 is 5.91 Å². The summed E-state index contributed by atoms with van der Waals surface area (Å²) in [6, 6.07) is 7.83. The average molecular weight is 284 g/mol. The van der Waals surface area contributed by atoms with E-state index in [1.807, 2.05) is 29.2 Å². The highest BCUT2D eigenvalue weighted by Crippen LogP contribution is 2.25. The van der Waals surface area contributed by atoms with Crippen LogP contribution in [0.15, 0.2) is 36.7 Å². The standard InChI is InChI=1S/C16H20N4O/c21-16(7-6-14-5-1-2-9-17-14)20-11-3-4-13(12-20)15-8-10-18-19-15/h1-2,5,8-10,13H,3-4,6-7,11-12H2,(H,18,19)/t13-/m0/s1. The van der Waals surface area contributed by atoms with Gasteiger partial charge in [-0.1, -0.05) is 6.07 Å². The van der Waals surface area contributed by atoms with Gasteiger partial charge in [0.2, 0.25) is 5.91 Å². The van der Waals surface area contributed by atoms with E-state index in [2.05, 4.69) is 15.2 Å². The number of aromatic nitrogens is 3. The van der Waals surface area contributed by atoms with E-state index >= 15 is 0 Å². The van der Waals surface area contributed by atoms with Crippen LogP contribution in [0, 0.1) is 0 Å². The molecule has 0 aromatic carbocycles. The summed E-state index contributed by atoms with van der Waals surface area (Å²) < 4.78 is 0. The number of likely N-dealkylation sites (tertiary alicyclic amines) is 1. The SMILES string of the molecule is O=C(CCc1ccccn1)N1CCC[C@H](c2ccn[nH]2)C1. The fourth-order valence-corrected chi connectivity index (χ4v) is 2.89. The van der Waals surface area contributed by atoms with Gasteiger partial charge in [-0.15, -0.1) is 0 Å². The Kier molecular flexibility index (Phi) is 4.28. The Hall–Kier alpha value is -2.17. The van der Waals surface area contributed by atoms with Gasteiger partial charge in [-0.2, -0.15) is 5.10 Å². The zero-order valence-corrected chi connectivity index (χ0v) is 12.0. The largest absolute Gasteiger partial charge is 0.342 e. The van der Waals surface area contributed by atoms with Crippen LogP contribution in [0.25, 0.3) is 0 Å². The zero-order chi connectivity index (χ0) is 14.5. The maximum absolute atomic E-state index is 12.4. The number of nitrogens with zero attached hydrogens (tertiary/aromatic N) is 3. The number of hydrogen-bond acceptors (Lipinski definition) is 3. The van der Waals surface area contributed by atoms with E-state index in [0.29, 0.717) is 18.8 Å². The minimum atomic E-state index is 0.227. The zero-order valence-electron chi connectivity index (χ0n) is 12.0. The number of amides is 1. The highest BCUT2D eigenvalue weighted by Gasteiger charge is 2.25. The third-order valence-corrected chi connectivity index (χ3v) is 4.06. The van der Waals surface area contributed by atoms with E-state index in [9.17, 15) is 4.79 Å². The van der Waals surface area contributed by atoms with Gasteiger partial charge < -0.3 is 4.90 Å². The van der Waals surface area contributed by atoms with Gasteiger partial charge in [0.15, 0.2) is 0 Å². The van der Waals surface area contributed by atoms with E-state index in [-0.39, 0.29) is 5.91 Å². The highest BCUT2D eigenvalue weighted by molar-refractivity contribution is 5.76. The molecule has 3 rings (SSSR count). The lowest BCUT2D eigenvalue weighted by Gasteiger charge is -2.32. The van der Waals surface area contributed by atoms with Gasteiger partial charge in [-0.25, -0.2) is 0 Å². The quantitative estimate of drug-likeness (QED) is 0.935. The summed E-state index contributed by atoms with van der Waals surface area (Å²) in [5, 5.41) is 7.03. The molecule has 3 heterocycles. The van der Waals surface area contributed by atoms with Crippen LogP contribution in [0.5, 0.6) is 0 Å². The number of pyridine rings is 1. The first-order valence-corrected chi connectivity index (χ1v) is 7.50. The van der Waals surface area contributed by atoms with Gasteiger partial charge in [0.05, 0.1) is 0 Å². The van der Waals surface area contributed by atoms with Crippen LogP contribution in [0.4, 0.5) is 0 Å². The van der Waals surface area contributed by atoms with Crippen molar-refractivity contribution in [3.8, 4) is 0 Å². The topological polar surface area (TPSA) is 61.9 Å². The summed E-state index contributed by atoms with van der Waals surface area (Å²) in [7, 11) is 0. The molecule has 1 saturated heterocycles. The highest BCUT2D eigenvalue weighted by atomic mass is 16.2. The number of rotatable bonds is 4. The molecule has 2 aromatic rings. The molecule has 21 heavy (non-hydrogen) atoms. The first-order chi connectivity index (χ1) is 10.3. The summed E-state index contributed by atoms with van der Waals surface area (Å²) in [6.45, 7) is 1.66. The molecule has 2 aromatic heterocycles. The number of piperidine rings is 1. The van der Waals surface area contributed by atoms with E-state index in [1.165, 1.54) is 0 Å². The molecule has 110 valence electrons. The Bertz CT molecular complexity index is 567. The molecule has 1 amide bonds. The lowest BCUT2D eigenvalue weighted by Crippen LogP contribution is -2.39. The van der Waals surface area contributed by atoms with Crippen LogP contribution in [0.2, 0.25) is 0 Å². The lowest BCUT2D eigenvalue weighted by atomic mass is 9.94. The fourth-order valence-electron chi connectivity index (χ4n) is 2.89. The summed E-state index contributed by atoms with van der Waals surface area (Å²) in [6.07, 6.45) is 6.97. The minimum Gasteiger partial charge on any atom is -0.342 e.